The fraction of sp³-hybridized carbons (Fsp3) is 0.286. The molecule has 3 N–H and O–H groups in total. The van der Waals surface area contributed by atoms with Crippen molar-refractivity contribution in [3.05, 3.63) is 53.1 Å². The number of aromatic nitrogens is 2. The number of nitrogens with two attached hydrogens (primary N) is 1. The molecule has 0 fully saturated rings. The van der Waals surface area contributed by atoms with Crippen LogP contribution in [0.1, 0.15) is 22.6 Å². The molecule has 1 heterocycles. The van der Waals surface area contributed by atoms with Gasteiger partial charge in [0, 0.05) is 30.5 Å². The van der Waals surface area contributed by atoms with E-state index in [0.29, 0.717) is 12.4 Å². The first-order valence-electron chi connectivity index (χ1n) is 6.43. The average Bonchev–Trinajstić information content (AvgIpc) is 2.89. The van der Waals surface area contributed by atoms with Crippen molar-refractivity contribution in [3.8, 4) is 0 Å². The normalized spacial score (nSPS) is 10.7. The molecule has 1 aromatic carbocycles. The molecule has 0 aliphatic heterocycles. The number of nitrogens with one attached hydrogen (secondary N) is 1. The zero-order valence-electron chi connectivity index (χ0n) is 11.1. The summed E-state index contributed by atoms with van der Waals surface area (Å²) in [6.45, 7) is 2.25. The van der Waals surface area contributed by atoms with Crippen molar-refractivity contribution in [2.45, 2.75) is 19.5 Å². The van der Waals surface area contributed by atoms with E-state index in [9.17, 15) is 4.79 Å². The second-order valence-corrected chi connectivity index (χ2v) is 4.84. The van der Waals surface area contributed by atoms with E-state index in [1.165, 1.54) is 0 Å². The summed E-state index contributed by atoms with van der Waals surface area (Å²) in [5, 5.41) is 4.09. The molecular formula is C14H17ClN4O. The molecule has 0 unspecified atom stereocenters. The number of carbonyl (C=O) groups is 1. The molecule has 5 nitrogen and oxygen atoms in total. The third-order valence-electron chi connectivity index (χ3n) is 2.96. The summed E-state index contributed by atoms with van der Waals surface area (Å²) in [5.41, 5.74) is 6.31. The van der Waals surface area contributed by atoms with Gasteiger partial charge in [0.1, 0.15) is 0 Å². The highest BCUT2D eigenvalue weighted by molar-refractivity contribution is 6.31. The number of nitrogens with zero attached hydrogens (tertiary/aromatic N) is 2. The van der Waals surface area contributed by atoms with Gasteiger partial charge in [-0.3, -0.25) is 4.79 Å². The molecule has 1 amide bonds. The van der Waals surface area contributed by atoms with Gasteiger partial charge in [-0.25, -0.2) is 4.98 Å². The Balaban J connectivity index is 1.73. The van der Waals surface area contributed by atoms with E-state index in [1.54, 1.807) is 17.0 Å². The van der Waals surface area contributed by atoms with Crippen molar-refractivity contribution in [2.24, 2.45) is 5.73 Å². The van der Waals surface area contributed by atoms with Gasteiger partial charge in [0.25, 0.3) is 5.91 Å². The van der Waals surface area contributed by atoms with Crippen LogP contribution >= 0.6 is 11.6 Å². The number of halogens is 1. The van der Waals surface area contributed by atoms with E-state index >= 15 is 0 Å². The number of hydrogen-bond acceptors (Lipinski definition) is 3. The lowest BCUT2D eigenvalue weighted by Crippen LogP contribution is -2.20. The predicted molar refractivity (Wildman–Crippen MR) is 78.5 cm³/mol. The second-order valence-electron chi connectivity index (χ2n) is 4.43. The Morgan fingerprint density at radius 3 is 2.95 bits per heavy atom. The Labute approximate surface area is 122 Å². The lowest BCUT2D eigenvalue weighted by Gasteiger charge is -2.08. The Morgan fingerprint density at radius 2 is 2.20 bits per heavy atom. The first-order chi connectivity index (χ1) is 9.68. The second kappa shape index (κ2) is 7.07. The minimum atomic E-state index is -0.501. The largest absolute Gasteiger partial charge is 0.363 e. The molecular weight excluding hydrogens is 276 g/mol. The van der Waals surface area contributed by atoms with Crippen LogP contribution < -0.4 is 11.1 Å². The van der Waals surface area contributed by atoms with Gasteiger partial charge in [0.05, 0.1) is 0 Å². The first-order valence-corrected chi connectivity index (χ1v) is 6.81. The van der Waals surface area contributed by atoms with E-state index in [4.69, 9.17) is 17.3 Å². The van der Waals surface area contributed by atoms with Crippen molar-refractivity contribution in [1.82, 2.24) is 14.9 Å². The maximum atomic E-state index is 11.1. The van der Waals surface area contributed by atoms with Crippen molar-refractivity contribution in [2.75, 3.05) is 6.54 Å². The Hall–Kier alpha value is -1.85. The number of carbonyl (C=O) groups excluding carboxylic acids is 1. The van der Waals surface area contributed by atoms with Crippen LogP contribution in [0.25, 0.3) is 0 Å². The van der Waals surface area contributed by atoms with Crippen LogP contribution in [0.2, 0.25) is 5.02 Å². The quantitative estimate of drug-likeness (QED) is 0.765. The highest BCUT2D eigenvalue weighted by Gasteiger charge is 2.07. The van der Waals surface area contributed by atoms with Gasteiger partial charge in [0.15, 0.2) is 5.82 Å². The highest BCUT2D eigenvalue weighted by Crippen LogP contribution is 2.14. The van der Waals surface area contributed by atoms with E-state index in [2.05, 4.69) is 10.3 Å². The summed E-state index contributed by atoms with van der Waals surface area (Å²) in [6.07, 6.45) is 4.21. The van der Waals surface area contributed by atoms with Crippen LogP contribution in [-0.2, 0) is 13.1 Å². The molecule has 0 aliphatic carbocycles. The molecule has 0 atom stereocenters. The van der Waals surface area contributed by atoms with E-state index < -0.39 is 5.91 Å². The molecule has 20 heavy (non-hydrogen) atoms. The summed E-state index contributed by atoms with van der Waals surface area (Å²) >= 11 is 6.07. The molecule has 0 aliphatic rings. The van der Waals surface area contributed by atoms with E-state index in [1.807, 2.05) is 24.3 Å². The van der Waals surface area contributed by atoms with E-state index in [-0.39, 0.29) is 0 Å². The number of hydrogen-bond donors (Lipinski definition) is 2. The summed E-state index contributed by atoms with van der Waals surface area (Å²) in [4.78, 5) is 15.0. The van der Waals surface area contributed by atoms with Gasteiger partial charge < -0.3 is 15.6 Å². The van der Waals surface area contributed by atoms with Crippen molar-refractivity contribution in [3.63, 3.8) is 0 Å². The number of primary amides is 1. The van der Waals surface area contributed by atoms with Crippen LogP contribution in [0.5, 0.6) is 0 Å². The predicted octanol–water partition coefficient (Wildman–Crippen LogP) is 1.82. The van der Waals surface area contributed by atoms with Crippen LogP contribution in [0, 0.1) is 0 Å². The lowest BCUT2D eigenvalue weighted by atomic mass is 10.2. The van der Waals surface area contributed by atoms with Crippen LogP contribution in [0.15, 0.2) is 36.7 Å². The fourth-order valence-corrected chi connectivity index (χ4v) is 2.16. The minimum absolute atomic E-state index is 0.302. The summed E-state index contributed by atoms with van der Waals surface area (Å²) < 4.78 is 1.76. The molecule has 106 valence electrons. The number of benzene rings is 1. The molecule has 0 saturated carbocycles. The number of aryl methyl sites for hydroxylation is 1. The topological polar surface area (TPSA) is 72.9 Å². The molecule has 0 bridgehead atoms. The zero-order chi connectivity index (χ0) is 14.4. The summed E-state index contributed by atoms with van der Waals surface area (Å²) in [6, 6.07) is 7.75. The molecule has 1 aromatic heterocycles. The third kappa shape index (κ3) is 3.82. The average molecular weight is 293 g/mol. The van der Waals surface area contributed by atoms with Gasteiger partial charge in [-0.2, -0.15) is 0 Å². The van der Waals surface area contributed by atoms with Crippen LogP contribution in [-0.4, -0.2) is 22.0 Å². The summed E-state index contributed by atoms with van der Waals surface area (Å²) in [5.74, 6) is -0.199. The molecule has 6 heteroatoms. The Kier molecular flexibility index (Phi) is 5.15. The molecule has 0 spiro atoms. The van der Waals surface area contributed by atoms with Crippen LogP contribution in [0.3, 0.4) is 0 Å². The maximum Gasteiger partial charge on any atom is 0.284 e. The summed E-state index contributed by atoms with van der Waals surface area (Å²) in [7, 11) is 0. The van der Waals surface area contributed by atoms with Gasteiger partial charge in [0.2, 0.25) is 0 Å². The number of rotatable bonds is 7. The molecule has 0 saturated heterocycles. The van der Waals surface area contributed by atoms with Gasteiger partial charge >= 0.3 is 0 Å². The SMILES string of the molecule is NC(=O)c1nccn1CCCNCc1ccccc1Cl. The van der Waals surface area contributed by atoms with Gasteiger partial charge in [-0.1, -0.05) is 29.8 Å². The van der Waals surface area contributed by atoms with E-state index in [0.717, 1.165) is 30.1 Å². The monoisotopic (exact) mass is 292 g/mol. The maximum absolute atomic E-state index is 11.1. The zero-order valence-corrected chi connectivity index (χ0v) is 11.8. The fourth-order valence-electron chi connectivity index (χ4n) is 1.95. The smallest absolute Gasteiger partial charge is 0.284 e. The van der Waals surface area contributed by atoms with Crippen LogP contribution in [0.4, 0.5) is 0 Å². The lowest BCUT2D eigenvalue weighted by molar-refractivity contribution is 0.0986. The third-order valence-corrected chi connectivity index (χ3v) is 3.33. The van der Waals surface area contributed by atoms with Gasteiger partial charge in [-0.05, 0) is 24.6 Å². The van der Waals surface area contributed by atoms with Crippen molar-refractivity contribution >= 4 is 17.5 Å². The minimum Gasteiger partial charge on any atom is -0.363 e. The molecule has 0 radical (unpaired) electrons. The Morgan fingerprint density at radius 1 is 1.40 bits per heavy atom. The Bertz CT molecular complexity index is 582. The van der Waals surface area contributed by atoms with Crippen molar-refractivity contribution in [1.29, 1.82) is 0 Å². The van der Waals surface area contributed by atoms with Gasteiger partial charge in [-0.15, -0.1) is 0 Å². The number of amides is 1. The molecule has 2 rings (SSSR count). The first kappa shape index (κ1) is 14.6. The molecule has 2 aromatic rings. The van der Waals surface area contributed by atoms with Crippen molar-refractivity contribution < 1.29 is 4.79 Å². The standard InChI is InChI=1S/C14H17ClN4O/c15-12-5-2-1-4-11(12)10-17-6-3-8-19-9-7-18-14(19)13(16)20/h1-2,4-5,7,9,17H,3,6,8,10H2,(H2,16,20). The number of imidazole rings is 1. The highest BCUT2D eigenvalue weighted by atomic mass is 35.5.